The van der Waals surface area contributed by atoms with Gasteiger partial charge >= 0.3 is 5.97 Å². The summed E-state index contributed by atoms with van der Waals surface area (Å²) in [5.41, 5.74) is 3.95. The topological polar surface area (TPSA) is 68.3 Å². The zero-order valence-electron chi connectivity index (χ0n) is 17.2. The predicted molar refractivity (Wildman–Crippen MR) is 124 cm³/mol. The summed E-state index contributed by atoms with van der Waals surface area (Å²) in [6.45, 7) is 0. The first-order chi connectivity index (χ1) is 15.7. The molecule has 0 saturated carbocycles. The molecule has 2 heterocycles. The third-order valence-electron chi connectivity index (χ3n) is 5.41. The highest BCUT2D eigenvalue weighted by molar-refractivity contribution is 7.15. The summed E-state index contributed by atoms with van der Waals surface area (Å²) in [6, 6.07) is 24.9. The van der Waals surface area contributed by atoms with Gasteiger partial charge in [0, 0.05) is 29.5 Å². The number of nitrogens with zero attached hydrogens (tertiary/aromatic N) is 1. The lowest BCUT2D eigenvalue weighted by atomic mass is 9.93. The minimum atomic E-state index is -0.363. The van der Waals surface area contributed by atoms with Crippen molar-refractivity contribution in [2.45, 2.75) is 18.9 Å². The molecule has 1 amide bonds. The van der Waals surface area contributed by atoms with Gasteiger partial charge in [0.1, 0.15) is 6.10 Å². The zero-order valence-corrected chi connectivity index (χ0v) is 18.0. The van der Waals surface area contributed by atoms with Crippen molar-refractivity contribution in [2.24, 2.45) is 0 Å². The molecule has 1 N–H and O–H groups in total. The minimum Gasteiger partial charge on any atom is -0.454 e. The Bertz CT molecular complexity index is 1270. The van der Waals surface area contributed by atoms with E-state index < -0.39 is 0 Å². The van der Waals surface area contributed by atoms with E-state index in [9.17, 15) is 9.59 Å². The van der Waals surface area contributed by atoms with E-state index >= 15 is 0 Å². The fourth-order valence-electron chi connectivity index (χ4n) is 3.80. The van der Waals surface area contributed by atoms with E-state index in [0.29, 0.717) is 22.7 Å². The number of amides is 1. The van der Waals surface area contributed by atoms with Crippen molar-refractivity contribution in [3.05, 3.63) is 118 Å². The van der Waals surface area contributed by atoms with Gasteiger partial charge in [0.15, 0.2) is 5.13 Å². The third kappa shape index (κ3) is 4.31. The molecule has 1 atom stereocenters. The first-order valence-corrected chi connectivity index (χ1v) is 11.2. The smallest absolute Gasteiger partial charge is 0.339 e. The van der Waals surface area contributed by atoms with Crippen LogP contribution in [0.1, 0.15) is 48.4 Å². The number of ether oxygens (including phenoxy) is 1. The number of cyclic esters (lactones) is 1. The monoisotopic (exact) mass is 440 g/mol. The number of esters is 1. The van der Waals surface area contributed by atoms with Crippen molar-refractivity contribution in [2.75, 3.05) is 5.32 Å². The van der Waals surface area contributed by atoms with E-state index in [1.54, 1.807) is 24.4 Å². The summed E-state index contributed by atoms with van der Waals surface area (Å²) in [6.07, 6.45) is 2.75. The summed E-state index contributed by atoms with van der Waals surface area (Å²) in [7, 11) is 0. The van der Waals surface area contributed by atoms with Gasteiger partial charge in [-0.05, 0) is 34.9 Å². The highest BCUT2D eigenvalue weighted by atomic mass is 32.1. The molecule has 1 aromatic heterocycles. The highest BCUT2D eigenvalue weighted by Gasteiger charge is 2.28. The molecule has 0 fully saturated rings. The number of benzene rings is 3. The number of hydrogen-bond donors (Lipinski definition) is 1. The number of anilines is 1. The van der Waals surface area contributed by atoms with E-state index in [1.165, 1.54) is 16.9 Å². The van der Waals surface area contributed by atoms with Gasteiger partial charge in [-0.2, -0.15) is 0 Å². The fraction of sp³-hybridized carbons (Fsp3) is 0.115. The molecule has 0 saturated heterocycles. The number of thiazole rings is 1. The SMILES string of the molecule is O=C(Nc1ncc(Cc2ccccc2)s1)c1ccc2c(c1)C[C@@H](c1ccccc1)OC2=O. The molecule has 4 aromatic rings. The molecule has 1 aliphatic rings. The molecule has 5 rings (SSSR count). The predicted octanol–water partition coefficient (Wildman–Crippen LogP) is 5.44. The van der Waals surface area contributed by atoms with Crippen molar-refractivity contribution in [3.63, 3.8) is 0 Å². The van der Waals surface area contributed by atoms with Crippen molar-refractivity contribution in [1.29, 1.82) is 0 Å². The fourth-order valence-corrected chi connectivity index (χ4v) is 4.65. The summed E-state index contributed by atoms with van der Waals surface area (Å²) >= 11 is 1.46. The number of carbonyl (C=O) groups excluding carboxylic acids is 2. The number of hydrogen-bond acceptors (Lipinski definition) is 5. The Balaban J connectivity index is 1.31. The Morgan fingerprint density at radius 2 is 1.78 bits per heavy atom. The Hall–Kier alpha value is -3.77. The van der Waals surface area contributed by atoms with Gasteiger partial charge in [-0.15, -0.1) is 11.3 Å². The van der Waals surface area contributed by atoms with E-state index in [0.717, 1.165) is 22.4 Å². The number of rotatable bonds is 5. The average molecular weight is 441 g/mol. The van der Waals surface area contributed by atoms with Gasteiger partial charge in [0.25, 0.3) is 5.91 Å². The number of nitrogens with one attached hydrogen (secondary N) is 1. The van der Waals surface area contributed by atoms with Gasteiger partial charge in [0.05, 0.1) is 5.56 Å². The van der Waals surface area contributed by atoms with Crippen LogP contribution in [-0.4, -0.2) is 16.9 Å². The molecule has 1 aliphatic heterocycles. The maximum Gasteiger partial charge on any atom is 0.339 e. The second-order valence-corrected chi connectivity index (χ2v) is 8.74. The van der Waals surface area contributed by atoms with Gasteiger partial charge in [-0.3, -0.25) is 10.1 Å². The number of aromatic nitrogens is 1. The van der Waals surface area contributed by atoms with Crippen molar-refractivity contribution >= 4 is 28.3 Å². The van der Waals surface area contributed by atoms with Crippen molar-refractivity contribution < 1.29 is 14.3 Å². The summed E-state index contributed by atoms with van der Waals surface area (Å²) < 4.78 is 5.60. The summed E-state index contributed by atoms with van der Waals surface area (Å²) in [5.74, 6) is -0.610. The van der Waals surface area contributed by atoms with Crippen LogP contribution in [0.4, 0.5) is 5.13 Å². The van der Waals surface area contributed by atoms with Crippen molar-refractivity contribution in [3.8, 4) is 0 Å². The molecule has 158 valence electrons. The van der Waals surface area contributed by atoms with Crippen LogP contribution in [0.5, 0.6) is 0 Å². The molecule has 0 spiro atoms. The second-order valence-electron chi connectivity index (χ2n) is 7.63. The van der Waals surface area contributed by atoms with Crippen molar-refractivity contribution in [1.82, 2.24) is 4.98 Å². The maximum absolute atomic E-state index is 12.8. The second kappa shape index (κ2) is 8.77. The molecular formula is C26H20N2O3S. The van der Waals surface area contributed by atoms with Gasteiger partial charge < -0.3 is 4.74 Å². The molecule has 5 nitrogen and oxygen atoms in total. The largest absolute Gasteiger partial charge is 0.454 e. The third-order valence-corrected chi connectivity index (χ3v) is 6.32. The van der Waals surface area contributed by atoms with Crippen LogP contribution in [0.15, 0.2) is 85.1 Å². The first kappa shape index (κ1) is 20.2. The Labute approximate surface area is 189 Å². The average Bonchev–Trinajstić information content (AvgIpc) is 3.26. The Morgan fingerprint density at radius 3 is 2.56 bits per heavy atom. The molecule has 0 radical (unpaired) electrons. The van der Waals surface area contributed by atoms with Crippen LogP contribution in [0.2, 0.25) is 0 Å². The van der Waals surface area contributed by atoms with Crippen LogP contribution < -0.4 is 5.32 Å². The lowest BCUT2D eigenvalue weighted by Crippen LogP contribution is -2.23. The number of carbonyl (C=O) groups is 2. The Kier molecular flexibility index (Phi) is 5.52. The molecule has 0 unspecified atom stereocenters. The van der Waals surface area contributed by atoms with Crippen LogP contribution in [0.3, 0.4) is 0 Å². The molecule has 32 heavy (non-hydrogen) atoms. The molecule has 6 heteroatoms. The Morgan fingerprint density at radius 1 is 1.03 bits per heavy atom. The van der Waals surface area contributed by atoms with E-state index in [-0.39, 0.29) is 18.0 Å². The van der Waals surface area contributed by atoms with Crippen LogP contribution in [0, 0.1) is 0 Å². The lowest BCUT2D eigenvalue weighted by molar-refractivity contribution is 0.0252. The highest BCUT2D eigenvalue weighted by Crippen LogP contribution is 2.31. The normalized spacial score (nSPS) is 15.0. The molecule has 0 bridgehead atoms. The molecular weight excluding hydrogens is 420 g/mol. The van der Waals surface area contributed by atoms with E-state index in [1.807, 2.05) is 48.5 Å². The molecule has 0 aliphatic carbocycles. The maximum atomic E-state index is 12.8. The summed E-state index contributed by atoms with van der Waals surface area (Å²) in [4.78, 5) is 30.7. The lowest BCUT2D eigenvalue weighted by Gasteiger charge is -2.25. The van der Waals surface area contributed by atoms with Crippen LogP contribution in [-0.2, 0) is 17.6 Å². The standard InChI is InChI=1S/C26H20N2O3S/c29-24(28-26-27-16-21(32-26)13-17-7-3-1-4-8-17)19-11-12-22-20(14-19)15-23(31-25(22)30)18-9-5-2-6-10-18/h1-12,14,16,23H,13,15H2,(H,27,28,29)/t23-/m0/s1. The van der Waals surface area contributed by atoms with E-state index in [2.05, 4.69) is 22.4 Å². The van der Waals surface area contributed by atoms with Gasteiger partial charge in [0.2, 0.25) is 0 Å². The van der Waals surface area contributed by atoms with Gasteiger partial charge in [-0.1, -0.05) is 60.7 Å². The quantitative estimate of drug-likeness (QED) is 0.420. The molecule has 3 aromatic carbocycles. The first-order valence-electron chi connectivity index (χ1n) is 10.3. The van der Waals surface area contributed by atoms with E-state index in [4.69, 9.17) is 4.74 Å². The summed E-state index contributed by atoms with van der Waals surface area (Å²) in [5, 5.41) is 3.43. The minimum absolute atomic E-state index is 0.247. The van der Waals surface area contributed by atoms with Crippen LogP contribution in [0.25, 0.3) is 0 Å². The van der Waals surface area contributed by atoms with Crippen LogP contribution >= 0.6 is 11.3 Å². The zero-order chi connectivity index (χ0) is 21.9. The number of fused-ring (bicyclic) bond motifs is 1. The van der Waals surface area contributed by atoms with Gasteiger partial charge in [-0.25, -0.2) is 9.78 Å².